The zero-order chi connectivity index (χ0) is 8.81. The van der Waals surface area contributed by atoms with E-state index in [1.165, 1.54) is 5.56 Å². The zero-order valence-electron chi connectivity index (χ0n) is 7.20. The predicted molar refractivity (Wildman–Crippen MR) is 54.7 cm³/mol. The van der Waals surface area contributed by atoms with E-state index < -0.39 is 0 Å². The molecule has 0 spiro atoms. The van der Waals surface area contributed by atoms with Gasteiger partial charge in [-0.15, -0.1) is 0 Å². The third-order valence-electron chi connectivity index (χ3n) is 1.53. The summed E-state index contributed by atoms with van der Waals surface area (Å²) < 4.78 is 0. The van der Waals surface area contributed by atoms with Crippen LogP contribution in [0.1, 0.15) is 12.5 Å². The first-order valence-corrected chi connectivity index (χ1v) is 3.98. The van der Waals surface area contributed by atoms with E-state index in [4.69, 9.17) is 5.73 Å². The van der Waals surface area contributed by atoms with Gasteiger partial charge in [-0.3, -0.25) is 0 Å². The molecule has 0 heterocycles. The topological polar surface area (TPSA) is 26.0 Å². The van der Waals surface area contributed by atoms with Crippen molar-refractivity contribution in [2.75, 3.05) is 5.73 Å². The average Bonchev–Trinajstić information content (AvgIpc) is 2.09. The first-order chi connectivity index (χ1) is 5.83. The van der Waals surface area contributed by atoms with E-state index in [1.54, 1.807) is 0 Å². The van der Waals surface area contributed by atoms with Gasteiger partial charge in [0.25, 0.3) is 0 Å². The lowest BCUT2D eigenvalue weighted by Gasteiger charge is -1.92. The third-order valence-corrected chi connectivity index (χ3v) is 1.53. The number of hydrogen-bond acceptors (Lipinski definition) is 1. The highest BCUT2D eigenvalue weighted by atomic mass is 14.5. The summed E-state index contributed by atoms with van der Waals surface area (Å²) in [6, 6.07) is 7.79. The summed E-state index contributed by atoms with van der Waals surface area (Å²) in [4.78, 5) is 0. The molecular formula is C11H13N. The molecule has 0 fully saturated rings. The fourth-order valence-electron chi connectivity index (χ4n) is 0.885. The molecule has 0 atom stereocenters. The molecule has 1 rings (SSSR count). The monoisotopic (exact) mass is 159 g/mol. The smallest absolute Gasteiger partial charge is 0.0314 e. The summed E-state index contributed by atoms with van der Waals surface area (Å²) in [6.45, 7) is 1.99. The van der Waals surface area contributed by atoms with Crippen LogP contribution < -0.4 is 5.73 Å². The molecule has 1 nitrogen and oxygen atoms in total. The number of rotatable bonds is 2. The minimum absolute atomic E-state index is 0.804. The molecule has 0 radical (unpaired) electrons. The molecule has 1 heteroatoms. The van der Waals surface area contributed by atoms with Gasteiger partial charge in [0.15, 0.2) is 0 Å². The molecule has 0 amide bonds. The second-order valence-corrected chi connectivity index (χ2v) is 2.55. The highest BCUT2D eigenvalue weighted by Gasteiger charge is 1.84. The summed E-state index contributed by atoms with van der Waals surface area (Å²) in [5, 5.41) is 0. The van der Waals surface area contributed by atoms with E-state index in [2.05, 4.69) is 0 Å². The fourth-order valence-corrected chi connectivity index (χ4v) is 0.885. The quantitative estimate of drug-likeness (QED) is 0.521. The van der Waals surface area contributed by atoms with Gasteiger partial charge >= 0.3 is 0 Å². The van der Waals surface area contributed by atoms with Crippen molar-refractivity contribution >= 4 is 11.8 Å². The maximum Gasteiger partial charge on any atom is 0.0314 e. The van der Waals surface area contributed by atoms with Crippen LogP contribution in [0.4, 0.5) is 5.69 Å². The average molecular weight is 159 g/mol. The van der Waals surface area contributed by atoms with Crippen molar-refractivity contribution in [3.63, 3.8) is 0 Å². The van der Waals surface area contributed by atoms with Gasteiger partial charge in [-0.25, -0.2) is 0 Å². The molecule has 0 aliphatic rings. The Hall–Kier alpha value is -1.50. The van der Waals surface area contributed by atoms with Gasteiger partial charge in [0.1, 0.15) is 0 Å². The Kier molecular flexibility index (Phi) is 3.15. The van der Waals surface area contributed by atoms with Crippen molar-refractivity contribution in [1.29, 1.82) is 0 Å². The molecule has 0 unspecified atom stereocenters. The van der Waals surface area contributed by atoms with E-state index in [0.717, 1.165) is 5.69 Å². The molecule has 0 aliphatic carbocycles. The van der Waals surface area contributed by atoms with Gasteiger partial charge in [-0.2, -0.15) is 0 Å². The van der Waals surface area contributed by atoms with Gasteiger partial charge in [0, 0.05) is 5.69 Å². The normalized spacial score (nSPS) is 11.4. The van der Waals surface area contributed by atoms with Crippen molar-refractivity contribution in [2.45, 2.75) is 6.92 Å². The molecule has 0 saturated carbocycles. The van der Waals surface area contributed by atoms with Crippen LogP contribution in [-0.2, 0) is 0 Å². The maximum absolute atomic E-state index is 5.54. The van der Waals surface area contributed by atoms with Crippen molar-refractivity contribution in [1.82, 2.24) is 0 Å². The van der Waals surface area contributed by atoms with Crippen LogP contribution >= 0.6 is 0 Å². The van der Waals surface area contributed by atoms with Gasteiger partial charge in [-0.1, -0.05) is 36.4 Å². The summed E-state index contributed by atoms with van der Waals surface area (Å²) in [6.07, 6.45) is 8.04. The Balaban J connectivity index is 2.70. The second kappa shape index (κ2) is 4.39. The Bertz CT molecular complexity index is 280. The van der Waals surface area contributed by atoms with E-state index in [-0.39, 0.29) is 0 Å². The number of nitrogens with two attached hydrogens (primary N) is 1. The minimum atomic E-state index is 0.804. The van der Waals surface area contributed by atoms with Crippen molar-refractivity contribution in [3.05, 3.63) is 48.1 Å². The lowest BCUT2D eigenvalue weighted by atomic mass is 10.2. The van der Waals surface area contributed by atoms with Crippen LogP contribution in [0.3, 0.4) is 0 Å². The predicted octanol–water partition coefficient (Wildman–Crippen LogP) is 2.86. The summed E-state index contributed by atoms with van der Waals surface area (Å²) in [5.74, 6) is 0. The van der Waals surface area contributed by atoms with Gasteiger partial charge in [0.05, 0.1) is 0 Å². The second-order valence-electron chi connectivity index (χ2n) is 2.55. The Morgan fingerprint density at radius 2 is 1.75 bits per heavy atom. The number of hydrogen-bond donors (Lipinski definition) is 1. The lowest BCUT2D eigenvalue weighted by Crippen LogP contribution is -1.82. The minimum Gasteiger partial charge on any atom is -0.399 e. The SMILES string of the molecule is C/C=C/C=C/c1ccc(N)cc1. The molecular weight excluding hydrogens is 146 g/mol. The van der Waals surface area contributed by atoms with Gasteiger partial charge < -0.3 is 5.73 Å². The Morgan fingerprint density at radius 1 is 1.08 bits per heavy atom. The highest BCUT2D eigenvalue weighted by Crippen LogP contribution is 2.06. The molecule has 12 heavy (non-hydrogen) atoms. The van der Waals surface area contributed by atoms with Crippen LogP contribution in [0.15, 0.2) is 42.5 Å². The van der Waals surface area contributed by atoms with Gasteiger partial charge in [0.2, 0.25) is 0 Å². The molecule has 62 valence electrons. The summed E-state index contributed by atoms with van der Waals surface area (Å²) in [7, 11) is 0. The molecule has 0 aliphatic heterocycles. The van der Waals surface area contributed by atoms with E-state index in [0.29, 0.717) is 0 Å². The Morgan fingerprint density at radius 3 is 2.33 bits per heavy atom. The zero-order valence-corrected chi connectivity index (χ0v) is 7.20. The van der Waals surface area contributed by atoms with E-state index in [9.17, 15) is 0 Å². The first-order valence-electron chi connectivity index (χ1n) is 3.98. The fraction of sp³-hybridized carbons (Fsp3) is 0.0909. The Labute approximate surface area is 73.2 Å². The number of benzene rings is 1. The van der Waals surface area contributed by atoms with Crippen LogP contribution in [0.5, 0.6) is 0 Å². The van der Waals surface area contributed by atoms with Crippen LogP contribution in [0.2, 0.25) is 0 Å². The van der Waals surface area contributed by atoms with E-state index >= 15 is 0 Å². The van der Waals surface area contributed by atoms with E-state index in [1.807, 2.05) is 55.5 Å². The highest BCUT2D eigenvalue weighted by molar-refractivity contribution is 5.54. The summed E-state index contributed by atoms with van der Waals surface area (Å²) in [5.41, 5.74) is 7.52. The largest absolute Gasteiger partial charge is 0.399 e. The van der Waals surface area contributed by atoms with Crippen LogP contribution in [0.25, 0.3) is 6.08 Å². The maximum atomic E-state index is 5.54. The van der Waals surface area contributed by atoms with Crippen LogP contribution in [-0.4, -0.2) is 0 Å². The van der Waals surface area contributed by atoms with Crippen molar-refractivity contribution in [3.8, 4) is 0 Å². The molecule has 2 N–H and O–H groups in total. The lowest BCUT2D eigenvalue weighted by molar-refractivity contribution is 1.64. The summed E-state index contributed by atoms with van der Waals surface area (Å²) >= 11 is 0. The number of anilines is 1. The standard InChI is InChI=1S/C11H13N/c1-2-3-4-5-10-6-8-11(12)9-7-10/h2-9H,12H2,1H3/b3-2+,5-4+. The van der Waals surface area contributed by atoms with Crippen molar-refractivity contribution in [2.24, 2.45) is 0 Å². The molecule has 0 bridgehead atoms. The number of nitrogen functional groups attached to an aromatic ring is 1. The third kappa shape index (κ3) is 2.62. The first kappa shape index (κ1) is 8.60. The molecule has 0 saturated heterocycles. The van der Waals surface area contributed by atoms with Crippen LogP contribution in [0, 0.1) is 0 Å². The molecule has 0 aromatic heterocycles. The number of allylic oxidation sites excluding steroid dienone is 3. The van der Waals surface area contributed by atoms with Crippen molar-refractivity contribution < 1.29 is 0 Å². The molecule has 1 aromatic rings. The van der Waals surface area contributed by atoms with Gasteiger partial charge in [-0.05, 0) is 24.6 Å². The molecule has 1 aromatic carbocycles.